The number of rotatable bonds is 5. The predicted octanol–water partition coefficient (Wildman–Crippen LogP) is 3.63. The van der Waals surface area contributed by atoms with Crippen LogP contribution < -0.4 is 5.32 Å². The first kappa shape index (κ1) is 15.0. The van der Waals surface area contributed by atoms with E-state index in [4.69, 9.17) is 4.74 Å². The third-order valence-electron chi connectivity index (χ3n) is 3.14. The molecule has 2 aromatic rings. The van der Waals surface area contributed by atoms with Crippen LogP contribution in [0.1, 0.15) is 36.6 Å². The van der Waals surface area contributed by atoms with Gasteiger partial charge in [-0.1, -0.05) is 50.2 Å². The summed E-state index contributed by atoms with van der Waals surface area (Å²) >= 11 is 0. The van der Waals surface area contributed by atoms with Gasteiger partial charge in [0.05, 0.1) is 12.2 Å². The summed E-state index contributed by atoms with van der Waals surface area (Å²) in [5, 5.41) is 2.69. The van der Waals surface area contributed by atoms with Crippen LogP contribution in [0.2, 0.25) is 0 Å². The molecule has 0 radical (unpaired) electrons. The largest absolute Gasteiger partial charge is 0.445 e. The van der Waals surface area contributed by atoms with Crippen LogP contribution in [0, 0.1) is 0 Å². The molecule has 0 aliphatic rings. The molecule has 1 aromatic carbocycles. The fraction of sp³-hybridized carbons (Fsp3) is 0.294. The van der Waals surface area contributed by atoms with Gasteiger partial charge in [0.15, 0.2) is 0 Å². The molecule has 0 unspecified atom stereocenters. The summed E-state index contributed by atoms with van der Waals surface area (Å²) in [7, 11) is 0. The van der Waals surface area contributed by atoms with Crippen LogP contribution in [0.4, 0.5) is 4.79 Å². The summed E-state index contributed by atoms with van der Waals surface area (Å²) in [6.45, 7) is 4.88. The molecule has 0 aliphatic carbocycles. The van der Waals surface area contributed by atoms with Crippen LogP contribution in [-0.2, 0) is 17.9 Å². The van der Waals surface area contributed by atoms with Crippen LogP contribution in [0.5, 0.6) is 0 Å². The minimum Gasteiger partial charge on any atom is -0.445 e. The average molecular weight is 284 g/mol. The van der Waals surface area contributed by atoms with Gasteiger partial charge in [-0.2, -0.15) is 0 Å². The first-order valence-corrected chi connectivity index (χ1v) is 7.04. The first-order valence-electron chi connectivity index (χ1n) is 7.04. The summed E-state index contributed by atoms with van der Waals surface area (Å²) in [6.07, 6.45) is 1.41. The molecule has 110 valence electrons. The Labute approximate surface area is 125 Å². The summed E-state index contributed by atoms with van der Waals surface area (Å²) in [5.74, 6) is 0.454. The van der Waals surface area contributed by atoms with Crippen molar-refractivity contribution >= 4 is 6.09 Å². The second-order valence-electron chi connectivity index (χ2n) is 5.15. The van der Waals surface area contributed by atoms with Crippen molar-refractivity contribution in [1.82, 2.24) is 10.3 Å². The molecule has 2 rings (SSSR count). The first-order chi connectivity index (χ1) is 10.1. The number of hydrogen-bond donors (Lipinski definition) is 1. The van der Waals surface area contributed by atoms with E-state index in [0.29, 0.717) is 12.5 Å². The molecule has 0 saturated heterocycles. The zero-order chi connectivity index (χ0) is 15.1. The fourth-order valence-electron chi connectivity index (χ4n) is 1.82. The highest BCUT2D eigenvalue weighted by Gasteiger charge is 2.04. The van der Waals surface area contributed by atoms with E-state index in [1.54, 1.807) is 0 Å². The Morgan fingerprint density at radius 2 is 1.95 bits per heavy atom. The molecule has 0 aliphatic heterocycles. The van der Waals surface area contributed by atoms with E-state index in [0.717, 1.165) is 11.3 Å². The molecule has 1 amide bonds. The number of nitrogens with one attached hydrogen (secondary N) is 1. The van der Waals surface area contributed by atoms with Gasteiger partial charge in [0, 0.05) is 6.20 Å². The van der Waals surface area contributed by atoms with Gasteiger partial charge in [-0.3, -0.25) is 4.98 Å². The normalized spacial score (nSPS) is 10.4. The van der Waals surface area contributed by atoms with E-state index in [-0.39, 0.29) is 6.61 Å². The zero-order valence-corrected chi connectivity index (χ0v) is 12.4. The lowest BCUT2D eigenvalue weighted by molar-refractivity contribution is 0.139. The quantitative estimate of drug-likeness (QED) is 0.912. The number of ether oxygens (including phenoxy) is 1. The number of benzene rings is 1. The molecule has 0 fully saturated rings. The number of nitrogens with zero attached hydrogens (tertiary/aromatic N) is 1. The number of hydrogen-bond acceptors (Lipinski definition) is 3. The highest BCUT2D eigenvalue weighted by Crippen LogP contribution is 2.12. The van der Waals surface area contributed by atoms with Crippen molar-refractivity contribution < 1.29 is 9.53 Å². The maximum Gasteiger partial charge on any atom is 0.407 e. The van der Waals surface area contributed by atoms with Gasteiger partial charge in [-0.05, 0) is 23.1 Å². The Morgan fingerprint density at radius 3 is 2.57 bits per heavy atom. The Bertz CT molecular complexity index is 565. The molecular weight excluding hydrogens is 264 g/mol. The lowest BCUT2D eigenvalue weighted by atomic mass is 10.1. The van der Waals surface area contributed by atoms with Gasteiger partial charge < -0.3 is 10.1 Å². The summed E-state index contributed by atoms with van der Waals surface area (Å²) in [6, 6.07) is 13.5. The van der Waals surface area contributed by atoms with Crippen molar-refractivity contribution in [3.63, 3.8) is 0 Å². The van der Waals surface area contributed by atoms with Crippen LogP contribution in [0.3, 0.4) is 0 Å². The SMILES string of the molecule is CC(C)c1ccc(CNC(=O)OCc2ccccc2)nc1. The third kappa shape index (κ3) is 4.91. The van der Waals surface area contributed by atoms with Crippen molar-refractivity contribution in [3.05, 3.63) is 65.5 Å². The van der Waals surface area contributed by atoms with Crippen LogP contribution in [0.25, 0.3) is 0 Å². The standard InChI is InChI=1S/C17H20N2O2/c1-13(2)15-8-9-16(18-10-15)11-19-17(20)21-12-14-6-4-3-5-7-14/h3-10,13H,11-12H2,1-2H3,(H,19,20). The topological polar surface area (TPSA) is 51.2 Å². The minimum atomic E-state index is -0.436. The molecule has 1 aromatic heterocycles. The Balaban J connectivity index is 1.76. The minimum absolute atomic E-state index is 0.270. The second kappa shape index (κ2) is 7.43. The molecule has 4 nitrogen and oxygen atoms in total. The lowest BCUT2D eigenvalue weighted by Gasteiger charge is -2.08. The highest BCUT2D eigenvalue weighted by atomic mass is 16.5. The molecule has 21 heavy (non-hydrogen) atoms. The Kier molecular flexibility index (Phi) is 5.32. The number of aromatic nitrogens is 1. The smallest absolute Gasteiger partial charge is 0.407 e. The van der Waals surface area contributed by atoms with Crippen molar-refractivity contribution in [1.29, 1.82) is 0 Å². The van der Waals surface area contributed by atoms with E-state index < -0.39 is 6.09 Å². The lowest BCUT2D eigenvalue weighted by Crippen LogP contribution is -2.24. The number of amides is 1. The molecule has 1 N–H and O–H groups in total. The summed E-state index contributed by atoms with van der Waals surface area (Å²) in [5.41, 5.74) is 2.97. The van der Waals surface area contributed by atoms with E-state index in [9.17, 15) is 4.79 Å². The van der Waals surface area contributed by atoms with Crippen LogP contribution in [-0.4, -0.2) is 11.1 Å². The van der Waals surface area contributed by atoms with Gasteiger partial charge in [-0.25, -0.2) is 4.79 Å². The second-order valence-corrected chi connectivity index (χ2v) is 5.15. The number of carbonyl (C=O) groups excluding carboxylic acids is 1. The van der Waals surface area contributed by atoms with Gasteiger partial charge in [0.25, 0.3) is 0 Å². The van der Waals surface area contributed by atoms with Crippen LogP contribution in [0.15, 0.2) is 48.7 Å². The van der Waals surface area contributed by atoms with Crippen molar-refractivity contribution in [2.45, 2.75) is 32.9 Å². The molecule has 4 heteroatoms. The Morgan fingerprint density at radius 1 is 1.19 bits per heavy atom. The van der Waals surface area contributed by atoms with Crippen molar-refractivity contribution in [2.24, 2.45) is 0 Å². The average Bonchev–Trinajstić information content (AvgIpc) is 2.52. The monoisotopic (exact) mass is 284 g/mol. The Hall–Kier alpha value is -2.36. The fourth-order valence-corrected chi connectivity index (χ4v) is 1.82. The maximum absolute atomic E-state index is 11.6. The highest BCUT2D eigenvalue weighted by molar-refractivity contribution is 5.67. The molecule has 0 spiro atoms. The van der Waals surface area contributed by atoms with E-state index in [1.165, 1.54) is 5.56 Å². The summed E-state index contributed by atoms with van der Waals surface area (Å²) in [4.78, 5) is 15.9. The van der Waals surface area contributed by atoms with E-state index in [1.807, 2.05) is 48.7 Å². The van der Waals surface area contributed by atoms with Gasteiger partial charge in [0.2, 0.25) is 0 Å². The molecular formula is C17H20N2O2. The molecule has 0 saturated carbocycles. The van der Waals surface area contributed by atoms with E-state index >= 15 is 0 Å². The number of pyridine rings is 1. The van der Waals surface area contributed by atoms with Gasteiger partial charge in [0.1, 0.15) is 6.61 Å². The maximum atomic E-state index is 11.6. The third-order valence-corrected chi connectivity index (χ3v) is 3.14. The van der Waals surface area contributed by atoms with Crippen molar-refractivity contribution in [3.8, 4) is 0 Å². The number of alkyl carbamates (subject to hydrolysis) is 1. The van der Waals surface area contributed by atoms with Crippen LogP contribution >= 0.6 is 0 Å². The zero-order valence-electron chi connectivity index (χ0n) is 12.4. The molecule has 0 atom stereocenters. The number of carbonyl (C=O) groups is 1. The predicted molar refractivity (Wildman–Crippen MR) is 81.8 cm³/mol. The van der Waals surface area contributed by atoms with E-state index in [2.05, 4.69) is 24.1 Å². The molecule has 1 heterocycles. The van der Waals surface area contributed by atoms with Gasteiger partial charge in [-0.15, -0.1) is 0 Å². The van der Waals surface area contributed by atoms with Crippen molar-refractivity contribution in [2.75, 3.05) is 0 Å². The molecule has 0 bridgehead atoms. The summed E-state index contributed by atoms with van der Waals surface area (Å²) < 4.78 is 5.13. The van der Waals surface area contributed by atoms with Gasteiger partial charge >= 0.3 is 6.09 Å².